The molecular formula is C50H40N2O14. The number of allylic oxidation sites excluding steroid dienone is 4. The van der Waals surface area contributed by atoms with E-state index in [-0.39, 0.29) is 11.4 Å². The molecule has 0 unspecified atom stereocenters. The van der Waals surface area contributed by atoms with Gasteiger partial charge in [0.1, 0.15) is 33.6 Å². The highest BCUT2D eigenvalue weighted by atomic mass is 16.4. The van der Waals surface area contributed by atoms with Crippen molar-refractivity contribution in [3.05, 3.63) is 103 Å². The van der Waals surface area contributed by atoms with Gasteiger partial charge in [0, 0.05) is 11.4 Å². The van der Waals surface area contributed by atoms with E-state index >= 15 is 0 Å². The first kappa shape index (κ1) is 42.1. The number of hydrogen-bond donors (Lipinski definition) is 14. The van der Waals surface area contributed by atoms with Gasteiger partial charge >= 0.3 is 0 Å². The van der Waals surface area contributed by atoms with E-state index < -0.39 is 135 Å². The maximum atomic E-state index is 12.3. The quantitative estimate of drug-likeness (QED) is 0.0565. The molecule has 0 saturated heterocycles. The largest absolute Gasteiger partial charge is 0.506 e. The van der Waals surface area contributed by atoms with Crippen LogP contribution in [0.25, 0.3) is 82.8 Å². The first-order valence-corrected chi connectivity index (χ1v) is 20.5. The number of hydrogen-bond acceptors (Lipinski definition) is 14. The fourth-order valence-corrected chi connectivity index (χ4v) is 8.90. The average molecular weight is 893 g/mol. The predicted octanol–water partition coefficient (Wildman–Crippen LogP) is 9.85. The summed E-state index contributed by atoms with van der Waals surface area (Å²) in [5.41, 5.74) is -0.396. The molecule has 14 N–H and O–H groups in total. The molecule has 10 rings (SSSR count). The van der Waals surface area contributed by atoms with E-state index in [9.17, 15) is 71.5 Å². The van der Waals surface area contributed by atoms with Gasteiger partial charge in [0.05, 0.1) is 32.7 Å². The molecule has 0 amide bonds. The van der Waals surface area contributed by atoms with Gasteiger partial charge in [-0.15, -0.1) is 0 Å². The molecule has 0 fully saturated rings. The molecule has 66 heavy (non-hydrogen) atoms. The maximum Gasteiger partial charge on any atom is 0.206 e. The second-order valence-corrected chi connectivity index (χ2v) is 15.3. The molecule has 0 saturated carbocycles. The van der Waals surface area contributed by atoms with Gasteiger partial charge in [0.2, 0.25) is 23.0 Å². The zero-order valence-corrected chi connectivity index (χ0v) is 34.8. The Balaban J connectivity index is 0.00000270. The summed E-state index contributed by atoms with van der Waals surface area (Å²) in [4.78, 5) is 0. The number of aromatic hydroxyl groups is 14. The van der Waals surface area contributed by atoms with Crippen LogP contribution in [0, 0.1) is 0 Å². The Kier molecular flexibility index (Phi) is 9.75. The summed E-state index contributed by atoms with van der Waals surface area (Å²) in [6.07, 6.45) is 7.41. The molecule has 2 aromatic heterocycles. The smallest absolute Gasteiger partial charge is 0.206 e. The van der Waals surface area contributed by atoms with Gasteiger partial charge in [0.25, 0.3) is 0 Å². The molecule has 0 aliphatic heterocycles. The molecule has 1 aliphatic rings. The topological polar surface area (TPSA) is 293 Å². The summed E-state index contributed by atoms with van der Waals surface area (Å²) in [5, 5.41) is 158. The average Bonchev–Trinajstić information content (AvgIpc) is 3.91. The number of rotatable bonds is 5. The van der Waals surface area contributed by atoms with Crippen LogP contribution in [-0.4, -0.2) is 80.6 Å². The van der Waals surface area contributed by atoms with E-state index in [0.29, 0.717) is 0 Å². The summed E-state index contributed by atoms with van der Waals surface area (Å²) in [6.45, 7) is 4.00. The zero-order chi connectivity index (χ0) is 47.2. The van der Waals surface area contributed by atoms with Crippen LogP contribution in [0.4, 0.5) is 0 Å². The minimum atomic E-state index is -1.26. The van der Waals surface area contributed by atoms with E-state index in [0.717, 1.165) is 44.2 Å². The van der Waals surface area contributed by atoms with Crippen molar-refractivity contribution in [3.63, 3.8) is 0 Å². The molecule has 0 atom stereocenters. The summed E-state index contributed by atoms with van der Waals surface area (Å²) in [7, 11) is 0. The molecule has 0 bridgehead atoms. The van der Waals surface area contributed by atoms with Crippen LogP contribution in [0.3, 0.4) is 0 Å². The lowest BCUT2D eigenvalue weighted by molar-refractivity contribution is 0.350. The standard InChI is InChI=1S/C48H34N2O14.C2H6/c51-35-25-27-33(43(59)47(63)45(61)37(27)53)49(23-15-11-21(12-16-23)19-7-3-1-4-8-19)31(25)41(57)39(55)29(35)30-36(52)26-28-34(44(60)48(64)46(62)38(28)54)50(32(26)42(58)40(30)56)24-17-13-22(14-18-24)20-9-5-2-6-10-20;1-2/h1-5,7-9,11-18,51-64H,6,10H2;1-2H3. The molecule has 334 valence electrons. The van der Waals surface area contributed by atoms with Crippen molar-refractivity contribution in [2.24, 2.45) is 0 Å². The summed E-state index contributed by atoms with van der Waals surface area (Å²) in [5.74, 6) is -16.2. The summed E-state index contributed by atoms with van der Waals surface area (Å²) >= 11 is 0. The second kappa shape index (κ2) is 15.3. The van der Waals surface area contributed by atoms with Crippen LogP contribution in [-0.2, 0) is 0 Å². The lowest BCUT2D eigenvalue weighted by Gasteiger charge is -2.18. The van der Waals surface area contributed by atoms with Crippen molar-refractivity contribution < 1.29 is 71.5 Å². The fourth-order valence-electron chi connectivity index (χ4n) is 8.90. The number of phenolic OH excluding ortho intramolecular Hbond substituents is 14. The number of benzene rings is 7. The van der Waals surface area contributed by atoms with Crippen LogP contribution in [0.1, 0.15) is 32.3 Å². The highest BCUT2D eigenvalue weighted by molar-refractivity contribution is 6.25. The SMILES string of the molecule is CC.Oc1c(O)c(O)c2c(c1O)c1c(O)c(-c3c(O)c(O)c4c(c3O)c3c(O)c(O)c(O)c(O)c3n4-c3ccc(-c4ccccc4)cc3)c(O)c(O)c1n2-c1ccc(C2=CC=CCC2)cc1. The van der Waals surface area contributed by atoms with E-state index in [1.54, 1.807) is 36.4 Å². The van der Waals surface area contributed by atoms with E-state index in [2.05, 4.69) is 0 Å². The lowest BCUT2D eigenvalue weighted by atomic mass is 9.94. The molecule has 16 nitrogen and oxygen atoms in total. The van der Waals surface area contributed by atoms with Gasteiger partial charge in [-0.2, -0.15) is 0 Å². The van der Waals surface area contributed by atoms with Gasteiger partial charge < -0.3 is 80.6 Å². The highest BCUT2D eigenvalue weighted by Gasteiger charge is 2.37. The normalized spacial score (nSPS) is 12.5. The minimum absolute atomic E-state index is 0.123. The van der Waals surface area contributed by atoms with Crippen LogP contribution in [0.2, 0.25) is 0 Å². The molecule has 16 heteroatoms. The Bertz CT molecular complexity index is 3570. The van der Waals surface area contributed by atoms with Crippen molar-refractivity contribution in [1.29, 1.82) is 0 Å². The monoisotopic (exact) mass is 892 g/mol. The highest BCUT2D eigenvalue weighted by Crippen LogP contribution is 2.64. The van der Waals surface area contributed by atoms with Crippen molar-refractivity contribution in [2.45, 2.75) is 26.7 Å². The van der Waals surface area contributed by atoms with E-state index in [4.69, 9.17) is 0 Å². The number of phenols is 14. The van der Waals surface area contributed by atoms with E-state index in [1.807, 2.05) is 62.4 Å². The number of fused-ring (bicyclic) bond motifs is 6. The Labute approximate surface area is 372 Å². The fraction of sp³-hybridized carbons (Fsp3) is 0.0800. The third-order valence-electron chi connectivity index (χ3n) is 11.9. The van der Waals surface area contributed by atoms with Gasteiger partial charge in [-0.1, -0.05) is 86.7 Å². The van der Waals surface area contributed by atoms with Gasteiger partial charge in [-0.3, -0.25) is 0 Å². The van der Waals surface area contributed by atoms with Crippen LogP contribution in [0.15, 0.2) is 97.1 Å². The van der Waals surface area contributed by atoms with Crippen molar-refractivity contribution in [3.8, 4) is 114 Å². The molecular weight excluding hydrogens is 853 g/mol. The second-order valence-electron chi connectivity index (χ2n) is 15.3. The van der Waals surface area contributed by atoms with Gasteiger partial charge in [0.15, 0.2) is 46.0 Å². The molecule has 1 aliphatic carbocycles. The molecule has 9 aromatic rings. The Morgan fingerprint density at radius 2 is 0.697 bits per heavy atom. The first-order valence-electron chi connectivity index (χ1n) is 20.5. The zero-order valence-electron chi connectivity index (χ0n) is 34.8. The third-order valence-corrected chi connectivity index (χ3v) is 11.9. The lowest BCUT2D eigenvalue weighted by Crippen LogP contribution is -1.97. The molecule has 7 aromatic carbocycles. The minimum Gasteiger partial charge on any atom is -0.506 e. The Hall–Kier alpha value is -9.18. The molecule has 0 radical (unpaired) electrons. The summed E-state index contributed by atoms with van der Waals surface area (Å²) < 4.78 is 2.13. The van der Waals surface area contributed by atoms with Crippen molar-refractivity contribution >= 4 is 49.2 Å². The Morgan fingerprint density at radius 1 is 0.348 bits per heavy atom. The van der Waals surface area contributed by atoms with Crippen molar-refractivity contribution in [1.82, 2.24) is 9.13 Å². The maximum absolute atomic E-state index is 12.3. The van der Waals surface area contributed by atoms with Crippen LogP contribution >= 0.6 is 0 Å². The van der Waals surface area contributed by atoms with E-state index in [1.165, 1.54) is 12.1 Å². The third kappa shape index (κ3) is 5.71. The number of nitrogens with zero attached hydrogens (tertiary/aromatic N) is 2. The summed E-state index contributed by atoms with van der Waals surface area (Å²) in [6, 6.07) is 22.1. The van der Waals surface area contributed by atoms with Crippen molar-refractivity contribution in [2.75, 3.05) is 0 Å². The predicted molar refractivity (Wildman–Crippen MR) is 247 cm³/mol. The van der Waals surface area contributed by atoms with Gasteiger partial charge in [-0.25, -0.2) is 0 Å². The molecule has 2 heterocycles. The molecule has 0 spiro atoms. The van der Waals surface area contributed by atoms with Gasteiger partial charge in [-0.05, 0) is 59.4 Å². The number of aromatic nitrogens is 2. The Morgan fingerprint density at radius 3 is 1.09 bits per heavy atom. The van der Waals surface area contributed by atoms with Crippen LogP contribution < -0.4 is 0 Å². The van der Waals surface area contributed by atoms with Crippen LogP contribution in [0.5, 0.6) is 80.5 Å². The first-order chi connectivity index (χ1) is 31.6.